The van der Waals surface area contributed by atoms with Crippen LogP contribution in [0, 0.1) is 3.57 Å². The van der Waals surface area contributed by atoms with E-state index in [1.54, 1.807) is 19.3 Å². The van der Waals surface area contributed by atoms with Crippen LogP contribution in [0.2, 0.25) is 5.02 Å². The fourth-order valence-electron chi connectivity index (χ4n) is 4.11. The molecule has 0 saturated carbocycles. The number of rotatable bonds is 9. The third kappa shape index (κ3) is 6.34. The lowest BCUT2D eigenvalue weighted by Gasteiger charge is -2.15. The molecule has 4 aromatic rings. The number of carbonyl (C=O) groups excluding carboxylic acids is 2. The van der Waals surface area contributed by atoms with Crippen molar-refractivity contribution < 1.29 is 23.8 Å². The maximum Gasteiger partial charge on any atom is 0.293 e. The van der Waals surface area contributed by atoms with Crippen molar-refractivity contribution in [1.29, 1.82) is 0 Å². The molecule has 0 aliphatic carbocycles. The molecule has 1 heterocycles. The second-order valence-electron chi connectivity index (χ2n) is 8.61. The van der Waals surface area contributed by atoms with Crippen molar-refractivity contribution in [2.75, 3.05) is 20.3 Å². The number of methoxy groups -OCH3 is 1. The van der Waals surface area contributed by atoms with E-state index in [2.05, 4.69) is 22.6 Å². The van der Waals surface area contributed by atoms with Gasteiger partial charge in [0, 0.05) is 10.4 Å². The molecule has 0 radical (unpaired) electrons. The van der Waals surface area contributed by atoms with Crippen molar-refractivity contribution in [2.45, 2.75) is 6.61 Å². The lowest BCUT2D eigenvalue weighted by Crippen LogP contribution is -2.32. The van der Waals surface area contributed by atoms with E-state index in [9.17, 15) is 9.59 Å². The van der Waals surface area contributed by atoms with Gasteiger partial charge in [-0.05, 0) is 87.3 Å². The van der Waals surface area contributed by atoms with Gasteiger partial charge in [-0.25, -0.2) is 0 Å². The lowest BCUT2D eigenvalue weighted by molar-refractivity contribution is -0.123. The van der Waals surface area contributed by atoms with Gasteiger partial charge in [0.1, 0.15) is 19.0 Å². The highest BCUT2D eigenvalue weighted by molar-refractivity contribution is 14.1. The Labute approximate surface area is 249 Å². The molecule has 1 aliphatic heterocycles. The number of amides is 2. The fourth-order valence-corrected chi connectivity index (χ4v) is 5.88. The number of halogens is 2. The summed E-state index contributed by atoms with van der Waals surface area (Å²) in [4.78, 5) is 27.3. The van der Waals surface area contributed by atoms with Crippen molar-refractivity contribution in [3.05, 3.63) is 103 Å². The zero-order chi connectivity index (χ0) is 27.4. The zero-order valence-corrected chi connectivity index (χ0v) is 24.6. The predicted molar refractivity (Wildman–Crippen MR) is 164 cm³/mol. The molecule has 198 valence electrons. The monoisotopic (exact) mass is 671 g/mol. The van der Waals surface area contributed by atoms with Gasteiger partial charge in [-0.1, -0.05) is 60.1 Å². The molecule has 1 fully saturated rings. The Kier molecular flexibility index (Phi) is 8.64. The molecule has 0 unspecified atom stereocenters. The Bertz CT molecular complexity index is 1570. The number of thioether (sulfide) groups is 1. The van der Waals surface area contributed by atoms with Crippen LogP contribution in [0.15, 0.2) is 83.8 Å². The molecule has 0 bridgehead atoms. The van der Waals surface area contributed by atoms with Crippen molar-refractivity contribution in [2.24, 2.45) is 0 Å². The molecular weight excluding hydrogens is 649 g/mol. The summed E-state index contributed by atoms with van der Waals surface area (Å²) in [7, 11) is 1.56. The van der Waals surface area contributed by atoms with E-state index in [4.69, 9.17) is 25.8 Å². The van der Waals surface area contributed by atoms with Gasteiger partial charge >= 0.3 is 0 Å². The molecule has 9 heteroatoms. The molecule has 1 saturated heterocycles. The van der Waals surface area contributed by atoms with Crippen LogP contribution in [-0.2, 0) is 11.4 Å². The molecule has 39 heavy (non-hydrogen) atoms. The van der Waals surface area contributed by atoms with Crippen LogP contribution < -0.4 is 14.2 Å². The van der Waals surface area contributed by atoms with Crippen LogP contribution in [0.5, 0.6) is 17.2 Å². The summed E-state index contributed by atoms with van der Waals surface area (Å²) in [6.07, 6.45) is 1.70. The third-order valence-corrected chi connectivity index (χ3v) is 8.00. The maximum absolute atomic E-state index is 13.1. The Morgan fingerprint density at radius 1 is 0.949 bits per heavy atom. The molecule has 2 amide bonds. The number of hydrogen-bond donors (Lipinski definition) is 0. The summed E-state index contributed by atoms with van der Waals surface area (Å²) in [5, 5.41) is 2.39. The summed E-state index contributed by atoms with van der Waals surface area (Å²) in [5.41, 5.74) is 1.70. The molecule has 4 aromatic carbocycles. The average Bonchev–Trinajstić information content (AvgIpc) is 3.20. The largest absolute Gasteiger partial charge is 0.493 e. The molecule has 1 aliphatic rings. The smallest absolute Gasteiger partial charge is 0.293 e. The van der Waals surface area contributed by atoms with E-state index in [-0.39, 0.29) is 24.3 Å². The second kappa shape index (κ2) is 12.3. The number of fused-ring (bicyclic) bond motifs is 1. The second-order valence-corrected chi connectivity index (χ2v) is 11.2. The minimum absolute atomic E-state index is 0.156. The molecule has 5 rings (SSSR count). The zero-order valence-electron chi connectivity index (χ0n) is 20.9. The maximum atomic E-state index is 13.1. The van der Waals surface area contributed by atoms with Gasteiger partial charge in [0.2, 0.25) is 0 Å². The predicted octanol–water partition coefficient (Wildman–Crippen LogP) is 7.80. The Morgan fingerprint density at radius 3 is 2.51 bits per heavy atom. The molecule has 0 atom stereocenters. The van der Waals surface area contributed by atoms with Gasteiger partial charge in [-0.2, -0.15) is 0 Å². The number of hydrogen-bond acceptors (Lipinski definition) is 6. The summed E-state index contributed by atoms with van der Waals surface area (Å²) in [6, 6.07) is 24.8. The van der Waals surface area contributed by atoms with E-state index in [0.717, 1.165) is 43.0 Å². The minimum atomic E-state index is -0.344. The first-order valence-corrected chi connectivity index (χ1v) is 14.3. The quantitative estimate of drug-likeness (QED) is 0.134. The Hall–Kier alpha value is -3.21. The molecule has 0 spiro atoms. The molecule has 0 N–H and O–H groups in total. The average molecular weight is 672 g/mol. The summed E-state index contributed by atoms with van der Waals surface area (Å²) < 4.78 is 18.3. The van der Waals surface area contributed by atoms with Crippen LogP contribution in [0.1, 0.15) is 11.1 Å². The van der Waals surface area contributed by atoms with Crippen molar-refractivity contribution >= 4 is 73.9 Å². The fraction of sp³-hybridized carbons (Fsp3) is 0.133. The van der Waals surface area contributed by atoms with Crippen LogP contribution in [0.4, 0.5) is 4.79 Å². The van der Waals surface area contributed by atoms with Gasteiger partial charge in [0.25, 0.3) is 11.1 Å². The van der Waals surface area contributed by atoms with Crippen LogP contribution in [0.25, 0.3) is 16.8 Å². The Morgan fingerprint density at radius 2 is 1.72 bits per heavy atom. The molecular formula is C30H23ClINO5S. The van der Waals surface area contributed by atoms with Crippen molar-refractivity contribution in [3.8, 4) is 17.2 Å². The van der Waals surface area contributed by atoms with Gasteiger partial charge in [0.15, 0.2) is 11.5 Å². The lowest BCUT2D eigenvalue weighted by atomic mass is 10.1. The molecule has 0 aromatic heterocycles. The third-order valence-electron chi connectivity index (χ3n) is 6.04. The van der Waals surface area contributed by atoms with E-state index in [1.165, 1.54) is 4.90 Å². The summed E-state index contributed by atoms with van der Waals surface area (Å²) >= 11 is 9.05. The van der Waals surface area contributed by atoms with E-state index >= 15 is 0 Å². The highest BCUT2D eigenvalue weighted by Crippen LogP contribution is 2.38. The van der Waals surface area contributed by atoms with Crippen molar-refractivity contribution in [1.82, 2.24) is 4.90 Å². The van der Waals surface area contributed by atoms with Gasteiger partial charge in [-0.3, -0.25) is 14.5 Å². The first kappa shape index (κ1) is 27.4. The Balaban J connectivity index is 1.26. The number of benzene rings is 4. The first-order chi connectivity index (χ1) is 18.9. The highest BCUT2D eigenvalue weighted by atomic mass is 127. The highest BCUT2D eigenvalue weighted by Gasteiger charge is 2.35. The van der Waals surface area contributed by atoms with Crippen LogP contribution in [-0.4, -0.2) is 36.3 Å². The normalized spacial score (nSPS) is 14.3. The molecule has 6 nitrogen and oxygen atoms in total. The van der Waals surface area contributed by atoms with Gasteiger partial charge in [0.05, 0.1) is 22.1 Å². The number of carbonyl (C=O) groups is 2. The number of ether oxygens (including phenoxy) is 3. The van der Waals surface area contributed by atoms with E-state index < -0.39 is 0 Å². The number of nitrogens with zero attached hydrogens (tertiary/aromatic N) is 1. The van der Waals surface area contributed by atoms with Crippen molar-refractivity contribution in [3.63, 3.8) is 0 Å². The first-order valence-electron chi connectivity index (χ1n) is 12.0. The van der Waals surface area contributed by atoms with E-state index in [0.29, 0.717) is 28.0 Å². The standard InChI is InChI=1S/C30H23ClINO5S/c1-36-26-16-20(15-24(32)28(26)38-18-19-9-11-22(31)12-10-19)17-27-29(34)33(30(35)39-27)13-14-37-25-8-4-6-21-5-2-3-7-23(21)25/h2-12,15-17H,13-14,18H2,1H3/b27-17-. The van der Waals surface area contributed by atoms with Gasteiger partial charge in [-0.15, -0.1) is 0 Å². The topological polar surface area (TPSA) is 65.1 Å². The van der Waals surface area contributed by atoms with Crippen LogP contribution >= 0.6 is 46.0 Å². The SMILES string of the molecule is COc1cc(/C=C2\SC(=O)N(CCOc3cccc4ccccc34)C2=O)cc(I)c1OCc1ccc(Cl)cc1. The van der Waals surface area contributed by atoms with E-state index in [1.807, 2.05) is 72.8 Å². The minimum Gasteiger partial charge on any atom is -0.493 e. The van der Waals surface area contributed by atoms with Gasteiger partial charge < -0.3 is 14.2 Å². The summed E-state index contributed by atoms with van der Waals surface area (Å²) in [6.45, 7) is 0.705. The van der Waals surface area contributed by atoms with Crippen LogP contribution in [0.3, 0.4) is 0 Å². The summed E-state index contributed by atoms with van der Waals surface area (Å²) in [5.74, 6) is 1.51. The number of imide groups is 1.